The molecule has 5 rings (SSSR count). The van der Waals surface area contributed by atoms with Crippen LogP contribution in [0.1, 0.15) is 17.0 Å². The van der Waals surface area contributed by atoms with Gasteiger partial charge < -0.3 is 15.1 Å². The molecule has 2 aromatic heterocycles. The van der Waals surface area contributed by atoms with Crippen molar-refractivity contribution < 1.29 is 0 Å². The van der Waals surface area contributed by atoms with Crippen LogP contribution in [0.25, 0.3) is 10.9 Å². The summed E-state index contributed by atoms with van der Waals surface area (Å²) in [5.74, 6) is 2.48. The summed E-state index contributed by atoms with van der Waals surface area (Å²) in [6, 6.07) is 20.7. The molecule has 3 heterocycles. The van der Waals surface area contributed by atoms with Gasteiger partial charge >= 0.3 is 0 Å². The number of hydrogen-bond acceptors (Lipinski definition) is 7. The van der Waals surface area contributed by atoms with E-state index in [9.17, 15) is 0 Å². The van der Waals surface area contributed by atoms with Crippen molar-refractivity contribution in [3.8, 4) is 0 Å². The summed E-state index contributed by atoms with van der Waals surface area (Å²) in [5.41, 5.74) is 4.28. The average molecular weight is 440 g/mol. The van der Waals surface area contributed by atoms with Crippen LogP contribution < -0.4 is 15.1 Å². The maximum absolute atomic E-state index is 4.94. The molecule has 0 spiro atoms. The van der Waals surface area contributed by atoms with Gasteiger partial charge in [-0.25, -0.2) is 15.0 Å². The number of para-hydroxylation sites is 1. The second-order valence-corrected chi connectivity index (χ2v) is 8.48. The van der Waals surface area contributed by atoms with Crippen molar-refractivity contribution >= 4 is 28.6 Å². The van der Waals surface area contributed by atoms with Crippen molar-refractivity contribution in [2.45, 2.75) is 20.3 Å². The van der Waals surface area contributed by atoms with Crippen LogP contribution in [0.5, 0.6) is 0 Å². The van der Waals surface area contributed by atoms with Crippen LogP contribution >= 0.6 is 0 Å². The van der Waals surface area contributed by atoms with Gasteiger partial charge in [0.05, 0.1) is 5.52 Å². The Morgan fingerprint density at radius 3 is 2.03 bits per heavy atom. The average Bonchev–Trinajstić information content (AvgIpc) is 2.84. The molecule has 1 fully saturated rings. The van der Waals surface area contributed by atoms with Crippen LogP contribution in [0.4, 0.5) is 17.7 Å². The zero-order chi connectivity index (χ0) is 22.6. The van der Waals surface area contributed by atoms with Gasteiger partial charge in [0.1, 0.15) is 5.82 Å². The lowest BCUT2D eigenvalue weighted by Crippen LogP contribution is -2.47. The van der Waals surface area contributed by atoms with E-state index in [0.29, 0.717) is 0 Å². The molecule has 0 radical (unpaired) electrons. The Morgan fingerprint density at radius 1 is 0.727 bits per heavy atom. The fourth-order valence-electron chi connectivity index (χ4n) is 4.27. The molecular formula is C26H29N7. The summed E-state index contributed by atoms with van der Waals surface area (Å²) in [4.78, 5) is 23.6. The topological polar surface area (TPSA) is 70.1 Å². The van der Waals surface area contributed by atoms with Gasteiger partial charge in [0, 0.05) is 49.5 Å². The zero-order valence-corrected chi connectivity index (χ0v) is 19.2. The van der Waals surface area contributed by atoms with Crippen molar-refractivity contribution in [1.82, 2.24) is 19.9 Å². The van der Waals surface area contributed by atoms with Crippen molar-refractivity contribution in [2.75, 3.05) is 47.8 Å². The monoisotopic (exact) mass is 439 g/mol. The minimum atomic E-state index is 0.775. The minimum absolute atomic E-state index is 0.775. The number of benzene rings is 2. The van der Waals surface area contributed by atoms with Crippen LogP contribution in [0.15, 0.2) is 60.7 Å². The van der Waals surface area contributed by atoms with Crippen molar-refractivity contribution in [2.24, 2.45) is 0 Å². The highest BCUT2D eigenvalue weighted by Crippen LogP contribution is 2.24. The summed E-state index contributed by atoms with van der Waals surface area (Å²) in [6.45, 7) is 8.21. The van der Waals surface area contributed by atoms with E-state index < -0.39 is 0 Å². The summed E-state index contributed by atoms with van der Waals surface area (Å²) in [6.07, 6.45) is 0.948. The first-order chi connectivity index (χ1) is 16.2. The fraction of sp³-hybridized carbons (Fsp3) is 0.308. The molecule has 1 saturated heterocycles. The number of aryl methyl sites for hydroxylation is 2. The van der Waals surface area contributed by atoms with Crippen LogP contribution in [-0.4, -0.2) is 52.7 Å². The molecule has 1 aliphatic heterocycles. The molecule has 0 unspecified atom stereocenters. The number of nitrogens with zero attached hydrogens (tertiary/aromatic N) is 6. The standard InChI is InChI=1S/C26H29N7/c1-19-18-20(2)29-25(28-19)32-14-16-33(17-15-32)26-30-23-11-7-6-10-22(23)24(31-26)27-13-12-21-8-4-3-5-9-21/h3-11,18H,12-17H2,1-2H3,(H,27,30,31). The first kappa shape index (κ1) is 21.1. The van der Waals surface area contributed by atoms with Crippen molar-refractivity contribution in [3.63, 3.8) is 0 Å². The maximum Gasteiger partial charge on any atom is 0.228 e. The first-order valence-corrected chi connectivity index (χ1v) is 11.5. The van der Waals surface area contributed by atoms with Crippen molar-refractivity contribution in [3.05, 3.63) is 77.6 Å². The molecule has 7 heteroatoms. The molecular weight excluding hydrogens is 410 g/mol. The SMILES string of the molecule is Cc1cc(C)nc(N2CCN(c3nc(NCCc4ccccc4)c4ccccc4n3)CC2)n1. The zero-order valence-electron chi connectivity index (χ0n) is 19.2. The van der Waals surface area contributed by atoms with Gasteiger partial charge in [-0.3, -0.25) is 0 Å². The molecule has 1 N–H and O–H groups in total. The summed E-state index contributed by atoms with van der Waals surface area (Å²) in [5, 5.41) is 4.61. The minimum Gasteiger partial charge on any atom is -0.369 e. The second-order valence-electron chi connectivity index (χ2n) is 8.48. The van der Waals surface area contributed by atoms with Gasteiger partial charge in [-0.15, -0.1) is 0 Å². The lowest BCUT2D eigenvalue weighted by Gasteiger charge is -2.35. The number of aromatic nitrogens is 4. The molecule has 168 valence electrons. The highest BCUT2D eigenvalue weighted by atomic mass is 15.4. The Balaban J connectivity index is 1.32. The molecule has 0 amide bonds. The Hall–Kier alpha value is -3.74. The summed E-state index contributed by atoms with van der Waals surface area (Å²) in [7, 11) is 0. The normalized spacial score (nSPS) is 14.0. The van der Waals surface area contributed by atoms with Gasteiger partial charge in [-0.2, -0.15) is 4.98 Å². The Morgan fingerprint density at radius 2 is 1.33 bits per heavy atom. The molecule has 2 aromatic carbocycles. The predicted octanol–water partition coefficient (Wildman–Crippen LogP) is 4.02. The molecule has 1 aliphatic rings. The van der Waals surface area contributed by atoms with Crippen LogP contribution in [0.2, 0.25) is 0 Å². The predicted molar refractivity (Wildman–Crippen MR) is 134 cm³/mol. The third-order valence-electron chi connectivity index (χ3n) is 5.96. The molecule has 0 atom stereocenters. The number of rotatable bonds is 6. The number of hydrogen-bond donors (Lipinski definition) is 1. The van der Waals surface area contributed by atoms with Gasteiger partial charge in [-0.1, -0.05) is 42.5 Å². The van der Waals surface area contributed by atoms with Gasteiger partial charge in [0.2, 0.25) is 11.9 Å². The quantitative estimate of drug-likeness (QED) is 0.487. The van der Waals surface area contributed by atoms with Crippen LogP contribution in [0.3, 0.4) is 0 Å². The maximum atomic E-state index is 4.94. The smallest absolute Gasteiger partial charge is 0.228 e. The number of fused-ring (bicyclic) bond motifs is 1. The van der Waals surface area contributed by atoms with Gasteiger partial charge in [-0.05, 0) is 44.0 Å². The van der Waals surface area contributed by atoms with Crippen molar-refractivity contribution in [1.29, 1.82) is 0 Å². The van der Waals surface area contributed by atoms with E-state index in [0.717, 1.165) is 79.1 Å². The Kier molecular flexibility index (Phi) is 6.02. The lowest BCUT2D eigenvalue weighted by molar-refractivity contribution is 0.627. The van der Waals surface area contributed by atoms with Gasteiger partial charge in [0.25, 0.3) is 0 Å². The number of piperazine rings is 1. The molecule has 4 aromatic rings. The summed E-state index contributed by atoms with van der Waals surface area (Å²) < 4.78 is 0. The third-order valence-corrected chi connectivity index (χ3v) is 5.96. The molecule has 0 aliphatic carbocycles. The number of nitrogens with one attached hydrogen (secondary N) is 1. The number of anilines is 3. The van der Waals surface area contributed by atoms with Crippen LogP contribution in [0, 0.1) is 13.8 Å². The first-order valence-electron chi connectivity index (χ1n) is 11.5. The van der Waals surface area contributed by atoms with E-state index in [1.165, 1.54) is 5.56 Å². The van der Waals surface area contributed by atoms with Gasteiger partial charge in [0.15, 0.2) is 0 Å². The largest absolute Gasteiger partial charge is 0.369 e. The Labute approximate surface area is 194 Å². The highest BCUT2D eigenvalue weighted by Gasteiger charge is 2.22. The Bertz CT molecular complexity index is 1210. The third kappa shape index (κ3) is 4.87. The second kappa shape index (κ2) is 9.40. The highest BCUT2D eigenvalue weighted by molar-refractivity contribution is 5.90. The van der Waals surface area contributed by atoms with E-state index in [4.69, 9.17) is 9.97 Å². The molecule has 0 saturated carbocycles. The van der Waals surface area contributed by atoms with E-state index in [1.807, 2.05) is 38.1 Å². The molecule has 33 heavy (non-hydrogen) atoms. The fourth-order valence-corrected chi connectivity index (χ4v) is 4.27. The lowest BCUT2D eigenvalue weighted by atomic mass is 10.1. The van der Waals surface area contributed by atoms with E-state index in [-0.39, 0.29) is 0 Å². The molecule has 0 bridgehead atoms. The van der Waals surface area contributed by atoms with E-state index in [2.05, 4.69) is 61.5 Å². The summed E-state index contributed by atoms with van der Waals surface area (Å²) >= 11 is 0. The van der Waals surface area contributed by atoms with E-state index >= 15 is 0 Å². The van der Waals surface area contributed by atoms with Crippen LogP contribution in [-0.2, 0) is 6.42 Å². The molecule has 7 nitrogen and oxygen atoms in total. The van der Waals surface area contributed by atoms with E-state index in [1.54, 1.807) is 0 Å².